The Hall–Kier alpha value is -6.78. The zero-order valence-electron chi connectivity index (χ0n) is 56.9. The van der Waals surface area contributed by atoms with Crippen molar-refractivity contribution in [2.75, 3.05) is 0 Å². The van der Waals surface area contributed by atoms with E-state index in [0.29, 0.717) is 4.57 Å². The van der Waals surface area contributed by atoms with Gasteiger partial charge in [0.05, 0.1) is 63.2 Å². The molecule has 0 amide bonds. The molecular formula is C49H33BN2O. The Kier molecular flexibility index (Phi) is 2.79. The summed E-state index contributed by atoms with van der Waals surface area (Å²) in [5.74, 6) is -1.60. The molecule has 3 heterocycles. The highest BCUT2D eigenvalue weighted by Gasteiger charge is 2.34. The lowest BCUT2D eigenvalue weighted by Gasteiger charge is -2.28. The van der Waals surface area contributed by atoms with Crippen molar-refractivity contribution >= 4 is 66.7 Å². The van der Waals surface area contributed by atoms with Gasteiger partial charge in [-0.3, -0.25) is 0 Å². The fourth-order valence-electron chi connectivity index (χ4n) is 6.71. The monoisotopic (exact) mass is 706 g/mol. The lowest BCUT2D eigenvalue weighted by atomic mass is 9.35. The van der Waals surface area contributed by atoms with Crippen molar-refractivity contribution in [2.24, 2.45) is 0 Å². The Morgan fingerprint density at radius 2 is 0.943 bits per heavy atom. The smallest absolute Gasteiger partial charge is 0.251 e. The maximum atomic E-state index is 10.5. The first kappa shape index (κ1) is 12.7. The second-order valence-corrected chi connectivity index (χ2v) is 11.8. The van der Waals surface area contributed by atoms with E-state index in [2.05, 4.69) is 0 Å². The van der Waals surface area contributed by atoms with Gasteiger partial charge in [-0.05, 0) is 95.4 Å². The molecule has 0 saturated carbocycles. The highest BCUT2D eigenvalue weighted by atomic mass is 16.5. The van der Waals surface area contributed by atoms with Crippen LogP contribution in [0.15, 0.2) is 181 Å². The molecule has 11 rings (SSSR count). The molecule has 0 bridgehead atoms. The molecule has 0 atom stereocenters. The van der Waals surface area contributed by atoms with Crippen LogP contribution in [0.1, 0.15) is 46.7 Å². The molecular weight excluding hydrogens is 643 g/mol. The van der Waals surface area contributed by atoms with Gasteiger partial charge in [-0.2, -0.15) is 0 Å². The number of hydrogen-bond acceptors (Lipinski definition) is 1. The first-order valence-electron chi connectivity index (χ1n) is 30.9. The maximum absolute atomic E-state index is 10.5. The van der Waals surface area contributed by atoms with E-state index >= 15 is 0 Å². The third kappa shape index (κ3) is 4.55. The molecule has 0 N–H and O–H groups in total. The van der Waals surface area contributed by atoms with Crippen LogP contribution in [0.3, 0.4) is 0 Å². The van der Waals surface area contributed by atoms with Gasteiger partial charge in [0, 0.05) is 32.9 Å². The Morgan fingerprint density at radius 1 is 0.434 bits per heavy atom. The topological polar surface area (TPSA) is 19.1 Å². The summed E-state index contributed by atoms with van der Waals surface area (Å²) in [5.41, 5.74) is -8.59. The number of nitrogens with zero attached hydrogens (tertiary/aromatic N) is 2. The van der Waals surface area contributed by atoms with Crippen molar-refractivity contribution in [3.63, 3.8) is 0 Å². The predicted octanol–water partition coefficient (Wildman–Crippen LogP) is 10.5. The molecule has 0 unspecified atom stereocenters. The van der Waals surface area contributed by atoms with E-state index in [1.807, 2.05) is 0 Å². The summed E-state index contributed by atoms with van der Waals surface area (Å²) in [4.78, 5) is 0. The van der Waals surface area contributed by atoms with Crippen LogP contribution in [0.2, 0.25) is 0 Å². The van der Waals surface area contributed by atoms with Crippen molar-refractivity contribution < 1.29 is 45.9 Å². The Labute approximate surface area is 350 Å². The summed E-state index contributed by atoms with van der Waals surface area (Å²) in [6, 6.07) is -28.3. The Bertz CT molecular complexity index is 4620. The lowest BCUT2D eigenvalue weighted by Crippen LogP contribution is -2.55. The van der Waals surface area contributed by atoms with E-state index < -0.39 is 271 Å². The standard InChI is InChI=1S/C49H33BN2O/c1-32-23-27-46-39(29-32)37-15-5-9-19-44(37)51(46)34-25-28-47-40(30-34)38-16-6-10-20-45(38)52(47)35-24-26-36(33-13-3-2-4-14-33)43(31-35)50-41-17-7-11-21-48(41)53-49-22-12-8-18-42(49)50/h2-31H,1H3/i2D,3D,4D,5D,6D,7D,8D,9D,10D,11D,12D,13D,14D,15D,16D,17D,18D,19D,20D,21D,22D,23D,24D,25D,26D,27D,28D,29D,30D,31D. The molecule has 8 aromatic carbocycles. The van der Waals surface area contributed by atoms with Crippen LogP contribution < -0.4 is 21.1 Å². The van der Waals surface area contributed by atoms with Crippen molar-refractivity contribution in [1.29, 1.82) is 0 Å². The number of ether oxygens (including phenoxy) is 1. The third-order valence-corrected chi connectivity index (χ3v) is 8.88. The van der Waals surface area contributed by atoms with Crippen molar-refractivity contribution in [1.82, 2.24) is 9.13 Å². The molecule has 0 aliphatic carbocycles. The minimum Gasteiger partial charge on any atom is -0.458 e. The number of rotatable bonds is 4. The normalized spacial score (nSPS) is 20.3. The van der Waals surface area contributed by atoms with Gasteiger partial charge in [-0.1, -0.05) is 126 Å². The molecule has 248 valence electrons. The number of aromatic nitrogens is 2. The van der Waals surface area contributed by atoms with Crippen molar-refractivity contribution in [2.45, 2.75) is 6.92 Å². The van der Waals surface area contributed by atoms with Crippen LogP contribution in [-0.2, 0) is 0 Å². The summed E-state index contributed by atoms with van der Waals surface area (Å²) < 4.78 is 282. The number of hydrogen-bond donors (Lipinski definition) is 0. The maximum Gasteiger partial charge on any atom is 0.251 e. The van der Waals surface area contributed by atoms with E-state index in [-0.39, 0.29) is 16.3 Å². The SMILES string of the molecule is [2H]c1c([2H])c([2H])c(-c2c([2H])c([2H])c(-n3c4c([2H])c([2H])c([2H])c([2H])c4c4c([2H])c(-n5c6c([2H])c([2H])c([2H])c([2H])c6c6c([2H])c(C)c([2H])c([2H])c65)c([2H])c([2H])c43)c([2H])c2B2c3c([2H])c([2H])c([2H])c([2H])c3Oc3c([2H])c([2H])c([2H])c([2H])c32)c([2H])c1[2H]. The van der Waals surface area contributed by atoms with Gasteiger partial charge in [0.1, 0.15) is 11.5 Å². The number of fused-ring (bicyclic) bond motifs is 8. The summed E-state index contributed by atoms with van der Waals surface area (Å²) in [7, 11) is 0. The fourth-order valence-corrected chi connectivity index (χ4v) is 6.71. The molecule has 0 fully saturated rings. The minimum absolute atomic E-state index is 0.0987. The van der Waals surface area contributed by atoms with Gasteiger partial charge in [0.15, 0.2) is 0 Å². The van der Waals surface area contributed by atoms with E-state index in [1.165, 1.54) is 6.92 Å². The second kappa shape index (κ2) is 11.6. The van der Waals surface area contributed by atoms with Crippen LogP contribution >= 0.6 is 0 Å². The van der Waals surface area contributed by atoms with Crippen LogP contribution in [0.25, 0.3) is 66.1 Å². The molecule has 1 aliphatic heterocycles. The molecule has 0 spiro atoms. The zero-order valence-corrected chi connectivity index (χ0v) is 26.9. The summed E-state index contributed by atoms with van der Waals surface area (Å²) >= 11 is 0. The molecule has 0 radical (unpaired) electrons. The number of para-hydroxylation sites is 4. The van der Waals surface area contributed by atoms with Gasteiger partial charge in [0.2, 0.25) is 0 Å². The van der Waals surface area contributed by atoms with Gasteiger partial charge >= 0.3 is 0 Å². The highest BCUT2D eigenvalue weighted by Crippen LogP contribution is 2.37. The van der Waals surface area contributed by atoms with Crippen molar-refractivity contribution in [3.05, 3.63) is 187 Å². The highest BCUT2D eigenvalue weighted by molar-refractivity contribution is 6.97. The van der Waals surface area contributed by atoms with Gasteiger partial charge in [0.25, 0.3) is 6.71 Å². The molecule has 53 heavy (non-hydrogen) atoms. The average Bonchev–Trinajstić information content (AvgIpc) is 1.76. The average molecular weight is 707 g/mol. The summed E-state index contributed by atoms with van der Waals surface area (Å²) in [6.07, 6.45) is 0. The molecule has 3 nitrogen and oxygen atoms in total. The quantitative estimate of drug-likeness (QED) is 0.167. The first-order chi connectivity index (χ1) is 38.7. The van der Waals surface area contributed by atoms with Crippen molar-refractivity contribution in [3.8, 4) is 34.0 Å². The Morgan fingerprint density at radius 3 is 1.62 bits per heavy atom. The summed E-state index contributed by atoms with van der Waals surface area (Å²) in [5, 5.41) is -2.08. The van der Waals surface area contributed by atoms with Crippen LogP contribution in [0.5, 0.6) is 11.5 Å². The molecule has 10 aromatic rings. The zero-order chi connectivity index (χ0) is 61.2. The Balaban J connectivity index is 1.43. The molecule has 1 aliphatic rings. The van der Waals surface area contributed by atoms with Crippen LogP contribution in [0, 0.1) is 6.92 Å². The molecule has 4 heteroatoms. The van der Waals surface area contributed by atoms with Crippen LogP contribution in [0.4, 0.5) is 0 Å². The van der Waals surface area contributed by atoms with Gasteiger partial charge in [-0.25, -0.2) is 0 Å². The predicted molar refractivity (Wildman–Crippen MR) is 223 cm³/mol. The molecule has 0 saturated heterocycles. The van der Waals surface area contributed by atoms with E-state index in [9.17, 15) is 15.1 Å². The lowest BCUT2D eigenvalue weighted by molar-refractivity contribution is 0.487. The number of benzene rings is 8. The van der Waals surface area contributed by atoms with E-state index in [1.54, 1.807) is 0 Å². The largest absolute Gasteiger partial charge is 0.458 e. The summed E-state index contributed by atoms with van der Waals surface area (Å²) in [6.45, 7) is -0.933. The fraction of sp³-hybridized carbons (Fsp3) is 0.0204. The third-order valence-electron chi connectivity index (χ3n) is 8.88. The van der Waals surface area contributed by atoms with Gasteiger partial charge < -0.3 is 13.9 Å². The second-order valence-electron chi connectivity index (χ2n) is 11.8. The molecule has 2 aromatic heterocycles. The van der Waals surface area contributed by atoms with E-state index in [0.717, 1.165) is 4.57 Å². The van der Waals surface area contributed by atoms with Crippen LogP contribution in [-0.4, -0.2) is 15.8 Å². The minimum atomic E-state index is -2.25. The van der Waals surface area contributed by atoms with E-state index in [4.69, 9.17) is 30.8 Å². The van der Waals surface area contributed by atoms with Gasteiger partial charge in [-0.15, -0.1) is 0 Å². The first-order valence-corrected chi connectivity index (χ1v) is 15.9.